The number of rotatable bonds is 4. The van der Waals surface area contributed by atoms with Crippen molar-refractivity contribution in [2.45, 2.75) is 12.1 Å². The van der Waals surface area contributed by atoms with Gasteiger partial charge >= 0.3 is 0 Å². The van der Waals surface area contributed by atoms with Gasteiger partial charge in [-0.15, -0.1) is 0 Å². The van der Waals surface area contributed by atoms with E-state index in [0.29, 0.717) is 5.56 Å². The van der Waals surface area contributed by atoms with Crippen LogP contribution in [0.5, 0.6) is 0 Å². The predicted octanol–water partition coefficient (Wildman–Crippen LogP) is 2.86. The molecule has 0 bridgehead atoms. The molecule has 3 nitrogen and oxygen atoms in total. The van der Waals surface area contributed by atoms with E-state index in [9.17, 15) is 9.50 Å². The summed E-state index contributed by atoms with van der Waals surface area (Å²) in [5.41, 5.74) is 1.44. The monoisotopic (exact) mass is 256 g/mol. The lowest BCUT2D eigenvalue weighted by Crippen LogP contribution is -2.24. The second kappa shape index (κ2) is 5.98. The molecular weight excluding hydrogens is 243 g/mol. The smallest absolute Gasteiger partial charge is 0.164 e. The van der Waals surface area contributed by atoms with Gasteiger partial charge in [0.25, 0.3) is 0 Å². The lowest BCUT2D eigenvalue weighted by atomic mass is 10.0. The zero-order valence-corrected chi connectivity index (χ0v) is 10.1. The van der Waals surface area contributed by atoms with E-state index in [0.717, 1.165) is 5.69 Å². The second-order valence-electron chi connectivity index (χ2n) is 4.11. The van der Waals surface area contributed by atoms with Gasteiger partial charge in [-0.25, -0.2) is 4.39 Å². The third-order valence-electron chi connectivity index (χ3n) is 2.77. The molecule has 0 aromatic heterocycles. The third kappa shape index (κ3) is 3.30. The highest BCUT2D eigenvalue weighted by atomic mass is 19.1. The van der Waals surface area contributed by atoms with Crippen LogP contribution >= 0.6 is 0 Å². The Hall–Kier alpha value is -2.38. The minimum Gasteiger partial charge on any atom is -0.376 e. The van der Waals surface area contributed by atoms with Gasteiger partial charge < -0.3 is 10.4 Å². The van der Waals surface area contributed by atoms with Crippen molar-refractivity contribution in [3.05, 3.63) is 66.0 Å². The number of aliphatic hydroxyl groups excluding tert-OH is 1. The zero-order chi connectivity index (χ0) is 13.7. The molecule has 0 amide bonds. The molecule has 2 aromatic rings. The van der Waals surface area contributed by atoms with Crippen molar-refractivity contribution in [2.24, 2.45) is 0 Å². The Labute approximate surface area is 110 Å². The van der Waals surface area contributed by atoms with Gasteiger partial charge in [-0.1, -0.05) is 30.3 Å². The molecule has 0 aliphatic heterocycles. The Kier molecular flexibility index (Phi) is 4.11. The normalized spacial score (nSPS) is 13.3. The molecule has 2 rings (SSSR count). The Morgan fingerprint density at radius 1 is 1.05 bits per heavy atom. The molecule has 0 saturated carbocycles. The highest BCUT2D eigenvalue weighted by molar-refractivity contribution is 5.46. The summed E-state index contributed by atoms with van der Waals surface area (Å²) in [7, 11) is 0. The van der Waals surface area contributed by atoms with Gasteiger partial charge in [0.2, 0.25) is 0 Å². The van der Waals surface area contributed by atoms with E-state index in [1.165, 1.54) is 12.1 Å². The van der Waals surface area contributed by atoms with Gasteiger partial charge in [-0.3, -0.25) is 0 Å². The number of aliphatic hydroxyl groups is 1. The van der Waals surface area contributed by atoms with Gasteiger partial charge in [0, 0.05) is 5.69 Å². The summed E-state index contributed by atoms with van der Waals surface area (Å²) in [6.45, 7) is 0. The first kappa shape index (κ1) is 13.1. The van der Waals surface area contributed by atoms with Crippen LogP contribution in [0.3, 0.4) is 0 Å². The number of halogens is 1. The summed E-state index contributed by atoms with van der Waals surface area (Å²) in [6.07, 6.45) is -1.22. The summed E-state index contributed by atoms with van der Waals surface area (Å²) in [5, 5.41) is 21.7. The van der Waals surface area contributed by atoms with Crippen molar-refractivity contribution in [1.82, 2.24) is 0 Å². The first-order chi connectivity index (χ1) is 9.20. The number of nitrogens with zero attached hydrogens (tertiary/aromatic N) is 1. The number of hydrogen-bond donors (Lipinski definition) is 2. The summed E-state index contributed by atoms with van der Waals surface area (Å²) in [4.78, 5) is 0. The molecule has 0 fully saturated rings. The van der Waals surface area contributed by atoms with Crippen LogP contribution in [-0.4, -0.2) is 11.2 Å². The largest absolute Gasteiger partial charge is 0.376 e. The van der Waals surface area contributed by atoms with Crippen LogP contribution in [0.4, 0.5) is 10.1 Å². The Balaban J connectivity index is 2.27. The maximum atomic E-state index is 12.9. The van der Waals surface area contributed by atoms with Crippen molar-refractivity contribution in [3.8, 4) is 6.07 Å². The fourth-order valence-corrected chi connectivity index (χ4v) is 1.80. The number of benzene rings is 2. The number of anilines is 1. The summed E-state index contributed by atoms with van der Waals surface area (Å²) in [5.74, 6) is -0.353. The zero-order valence-electron chi connectivity index (χ0n) is 10.1. The van der Waals surface area contributed by atoms with E-state index < -0.39 is 12.1 Å². The SMILES string of the molecule is N#C[C@@H](O)[C@@H](Nc1ccccc1)c1ccc(F)cc1. The Morgan fingerprint density at radius 3 is 2.26 bits per heavy atom. The first-order valence-electron chi connectivity index (χ1n) is 5.85. The molecule has 0 radical (unpaired) electrons. The van der Waals surface area contributed by atoms with Crippen LogP contribution in [-0.2, 0) is 0 Å². The lowest BCUT2D eigenvalue weighted by molar-refractivity contribution is 0.207. The first-order valence-corrected chi connectivity index (χ1v) is 5.85. The van der Waals surface area contributed by atoms with Crippen molar-refractivity contribution in [1.29, 1.82) is 5.26 Å². The average molecular weight is 256 g/mol. The molecule has 4 heteroatoms. The van der Waals surface area contributed by atoms with Gasteiger partial charge in [0.15, 0.2) is 6.10 Å². The maximum Gasteiger partial charge on any atom is 0.164 e. The van der Waals surface area contributed by atoms with Gasteiger partial charge in [0.1, 0.15) is 5.82 Å². The molecule has 0 saturated heterocycles. The Bertz CT molecular complexity index is 563. The molecule has 0 heterocycles. The van der Waals surface area contributed by atoms with Crippen LogP contribution in [0.2, 0.25) is 0 Å². The number of hydrogen-bond acceptors (Lipinski definition) is 3. The molecular formula is C15H13FN2O. The van der Waals surface area contributed by atoms with Crippen LogP contribution in [0.1, 0.15) is 11.6 Å². The number of nitrogens with one attached hydrogen (secondary N) is 1. The molecule has 0 aliphatic rings. The number of nitriles is 1. The fraction of sp³-hybridized carbons (Fsp3) is 0.133. The second-order valence-corrected chi connectivity index (χ2v) is 4.11. The molecule has 0 spiro atoms. The fourth-order valence-electron chi connectivity index (χ4n) is 1.80. The standard InChI is InChI=1S/C15H13FN2O/c16-12-8-6-11(7-9-12)15(14(19)10-17)18-13-4-2-1-3-5-13/h1-9,14-15,18-19H/t14-,15+/m1/s1. The van der Waals surface area contributed by atoms with Crippen molar-refractivity contribution in [2.75, 3.05) is 5.32 Å². The molecule has 0 unspecified atom stereocenters. The van der Waals surface area contributed by atoms with E-state index >= 15 is 0 Å². The van der Waals surface area contributed by atoms with Crippen LogP contribution < -0.4 is 5.32 Å². The summed E-state index contributed by atoms with van der Waals surface area (Å²) >= 11 is 0. The minimum atomic E-state index is -1.22. The molecule has 19 heavy (non-hydrogen) atoms. The van der Waals surface area contributed by atoms with Crippen molar-refractivity contribution in [3.63, 3.8) is 0 Å². The van der Waals surface area contributed by atoms with Gasteiger partial charge in [-0.2, -0.15) is 5.26 Å². The van der Waals surface area contributed by atoms with Crippen LogP contribution in [0.25, 0.3) is 0 Å². The summed E-state index contributed by atoms with van der Waals surface area (Å²) in [6, 6.07) is 16.1. The number of para-hydroxylation sites is 1. The molecule has 0 aliphatic carbocycles. The van der Waals surface area contributed by atoms with E-state index in [-0.39, 0.29) is 5.82 Å². The van der Waals surface area contributed by atoms with Crippen molar-refractivity contribution < 1.29 is 9.50 Å². The minimum absolute atomic E-state index is 0.353. The quantitative estimate of drug-likeness (QED) is 0.827. The summed E-state index contributed by atoms with van der Waals surface area (Å²) < 4.78 is 12.9. The van der Waals surface area contributed by atoms with Gasteiger partial charge in [0.05, 0.1) is 12.1 Å². The van der Waals surface area contributed by atoms with E-state index in [1.54, 1.807) is 18.2 Å². The van der Waals surface area contributed by atoms with Crippen LogP contribution in [0.15, 0.2) is 54.6 Å². The topological polar surface area (TPSA) is 56.0 Å². The third-order valence-corrected chi connectivity index (χ3v) is 2.77. The molecule has 2 atom stereocenters. The van der Waals surface area contributed by atoms with E-state index in [4.69, 9.17) is 5.26 Å². The van der Waals surface area contributed by atoms with Crippen LogP contribution in [0, 0.1) is 17.1 Å². The van der Waals surface area contributed by atoms with Crippen molar-refractivity contribution >= 4 is 5.69 Å². The highest BCUT2D eigenvalue weighted by Crippen LogP contribution is 2.22. The average Bonchev–Trinajstić information content (AvgIpc) is 2.46. The predicted molar refractivity (Wildman–Crippen MR) is 70.8 cm³/mol. The highest BCUT2D eigenvalue weighted by Gasteiger charge is 2.20. The molecule has 2 aromatic carbocycles. The van der Waals surface area contributed by atoms with E-state index in [1.807, 2.05) is 30.3 Å². The molecule has 96 valence electrons. The Morgan fingerprint density at radius 2 is 1.68 bits per heavy atom. The van der Waals surface area contributed by atoms with Gasteiger partial charge in [-0.05, 0) is 29.8 Å². The molecule has 2 N–H and O–H groups in total. The van der Waals surface area contributed by atoms with E-state index in [2.05, 4.69) is 5.32 Å². The maximum absolute atomic E-state index is 12.9. The lowest BCUT2D eigenvalue weighted by Gasteiger charge is -2.21.